The normalized spacial score (nSPS) is 19.5. The van der Waals surface area contributed by atoms with E-state index < -0.39 is 0 Å². The Morgan fingerprint density at radius 1 is 1.15 bits per heavy atom. The van der Waals surface area contributed by atoms with Crippen LogP contribution in [-0.2, 0) is 4.79 Å². The topological polar surface area (TPSA) is 71.1 Å². The molecule has 1 aromatic rings. The molecule has 1 fully saturated rings. The van der Waals surface area contributed by atoms with Crippen molar-refractivity contribution in [3.05, 3.63) is 24.3 Å². The first-order chi connectivity index (χ1) is 13.1. The van der Waals surface area contributed by atoms with Crippen LogP contribution in [0.2, 0.25) is 0 Å². The molecule has 2 aliphatic rings. The minimum atomic E-state index is -0.187. The Labute approximate surface area is 160 Å². The maximum atomic E-state index is 12.5. The number of ether oxygens (including phenoxy) is 2. The van der Waals surface area contributed by atoms with Crippen molar-refractivity contribution in [1.82, 2.24) is 15.1 Å². The Morgan fingerprint density at radius 3 is 2.48 bits per heavy atom. The molecule has 2 heterocycles. The third kappa shape index (κ3) is 4.64. The molecule has 1 N–H and O–H groups in total. The van der Waals surface area contributed by atoms with E-state index in [1.165, 1.54) is 0 Å². The number of carbonyl (C=O) groups excluding carboxylic acids is 2. The molecule has 1 saturated heterocycles. The number of amides is 3. The Balaban J connectivity index is 1.42. The van der Waals surface area contributed by atoms with Gasteiger partial charge in [-0.3, -0.25) is 4.79 Å². The first-order valence-electron chi connectivity index (χ1n) is 9.82. The third-order valence-electron chi connectivity index (χ3n) is 5.24. The number of rotatable bonds is 5. The summed E-state index contributed by atoms with van der Waals surface area (Å²) in [5, 5.41) is 2.98. The number of nitrogens with zero attached hydrogens (tertiary/aromatic N) is 2. The lowest BCUT2D eigenvalue weighted by Crippen LogP contribution is -2.49. The summed E-state index contributed by atoms with van der Waals surface area (Å²) in [7, 11) is 0. The maximum absolute atomic E-state index is 12.5. The minimum absolute atomic E-state index is 0.0346. The van der Waals surface area contributed by atoms with Gasteiger partial charge in [0.2, 0.25) is 5.91 Å². The fraction of sp³-hybridized carbons (Fsp3) is 0.600. The van der Waals surface area contributed by atoms with Gasteiger partial charge in [0.15, 0.2) is 11.5 Å². The average Bonchev–Trinajstić information content (AvgIpc) is 2.72. The standard InChI is InChI=1S/C20H29N3O4/c1-3-22(4-2)20(25)23-11-9-15(10-12-23)19(24)21-13-16-14-26-17-7-5-6-8-18(17)27-16/h5-8,15-16H,3-4,9-14H2,1-2H3,(H,21,24). The number of hydrogen-bond acceptors (Lipinski definition) is 4. The smallest absolute Gasteiger partial charge is 0.319 e. The summed E-state index contributed by atoms with van der Waals surface area (Å²) in [6.45, 7) is 7.49. The fourth-order valence-electron chi connectivity index (χ4n) is 3.55. The lowest BCUT2D eigenvalue weighted by molar-refractivity contribution is -0.126. The van der Waals surface area contributed by atoms with Crippen molar-refractivity contribution in [2.75, 3.05) is 39.3 Å². The second-order valence-corrected chi connectivity index (χ2v) is 6.96. The average molecular weight is 375 g/mol. The summed E-state index contributed by atoms with van der Waals surface area (Å²) in [4.78, 5) is 28.5. The van der Waals surface area contributed by atoms with Gasteiger partial charge in [-0.2, -0.15) is 0 Å². The van der Waals surface area contributed by atoms with Gasteiger partial charge >= 0.3 is 6.03 Å². The molecule has 0 aromatic heterocycles. The van der Waals surface area contributed by atoms with Crippen LogP contribution in [0.3, 0.4) is 0 Å². The van der Waals surface area contributed by atoms with Crippen molar-refractivity contribution in [3.63, 3.8) is 0 Å². The molecule has 148 valence electrons. The molecule has 7 heteroatoms. The highest BCUT2D eigenvalue weighted by Gasteiger charge is 2.29. The van der Waals surface area contributed by atoms with E-state index in [1.54, 1.807) is 0 Å². The van der Waals surface area contributed by atoms with Gasteiger partial charge < -0.3 is 24.6 Å². The Kier molecular flexibility index (Phi) is 6.42. The van der Waals surface area contributed by atoms with Gasteiger partial charge in [-0.15, -0.1) is 0 Å². The van der Waals surface area contributed by atoms with E-state index in [9.17, 15) is 9.59 Å². The molecular weight excluding hydrogens is 346 g/mol. The SMILES string of the molecule is CCN(CC)C(=O)N1CCC(C(=O)NCC2COc3ccccc3O2)CC1. The maximum Gasteiger partial charge on any atom is 0.319 e. The molecule has 0 bridgehead atoms. The van der Waals surface area contributed by atoms with E-state index in [-0.39, 0.29) is 24.0 Å². The van der Waals surface area contributed by atoms with Gasteiger partial charge in [-0.25, -0.2) is 4.79 Å². The zero-order valence-electron chi connectivity index (χ0n) is 16.1. The molecule has 2 aliphatic heterocycles. The molecule has 0 radical (unpaired) electrons. The van der Waals surface area contributed by atoms with E-state index in [0.717, 1.165) is 5.75 Å². The lowest BCUT2D eigenvalue weighted by atomic mass is 9.96. The molecule has 27 heavy (non-hydrogen) atoms. The van der Waals surface area contributed by atoms with Crippen molar-refractivity contribution in [1.29, 1.82) is 0 Å². The van der Waals surface area contributed by atoms with Crippen molar-refractivity contribution in [2.45, 2.75) is 32.8 Å². The van der Waals surface area contributed by atoms with Gasteiger partial charge in [-0.05, 0) is 38.8 Å². The summed E-state index contributed by atoms with van der Waals surface area (Å²) in [5.41, 5.74) is 0. The molecule has 3 rings (SSSR count). The molecule has 7 nitrogen and oxygen atoms in total. The Bertz CT molecular complexity index is 654. The van der Waals surface area contributed by atoms with E-state index in [1.807, 2.05) is 47.9 Å². The van der Waals surface area contributed by atoms with Crippen LogP contribution in [0.5, 0.6) is 11.5 Å². The number of nitrogens with one attached hydrogen (secondary N) is 1. The van der Waals surface area contributed by atoms with Crippen LogP contribution >= 0.6 is 0 Å². The summed E-state index contributed by atoms with van der Waals surface area (Å²) >= 11 is 0. The van der Waals surface area contributed by atoms with Gasteiger partial charge in [0, 0.05) is 32.1 Å². The predicted molar refractivity (Wildman–Crippen MR) is 102 cm³/mol. The van der Waals surface area contributed by atoms with E-state index in [2.05, 4.69) is 5.32 Å². The Morgan fingerprint density at radius 2 is 1.81 bits per heavy atom. The van der Waals surface area contributed by atoms with Gasteiger partial charge in [0.1, 0.15) is 12.7 Å². The second-order valence-electron chi connectivity index (χ2n) is 6.96. The first-order valence-corrected chi connectivity index (χ1v) is 9.82. The van der Waals surface area contributed by atoms with Gasteiger partial charge in [0.05, 0.1) is 6.54 Å². The molecule has 0 spiro atoms. The van der Waals surface area contributed by atoms with Crippen LogP contribution in [0, 0.1) is 5.92 Å². The number of hydrogen-bond donors (Lipinski definition) is 1. The number of likely N-dealkylation sites (tertiary alicyclic amines) is 1. The van der Waals surface area contributed by atoms with Crippen molar-refractivity contribution in [2.24, 2.45) is 5.92 Å². The zero-order valence-corrected chi connectivity index (χ0v) is 16.1. The minimum Gasteiger partial charge on any atom is -0.486 e. The molecular formula is C20H29N3O4. The largest absolute Gasteiger partial charge is 0.486 e. The van der Waals surface area contributed by atoms with Crippen LogP contribution in [0.25, 0.3) is 0 Å². The van der Waals surface area contributed by atoms with Crippen LogP contribution in [0.4, 0.5) is 4.79 Å². The monoisotopic (exact) mass is 375 g/mol. The number of benzene rings is 1. The first kappa shape index (κ1) is 19.3. The second kappa shape index (κ2) is 8.97. The molecule has 1 unspecified atom stereocenters. The molecule has 1 aromatic carbocycles. The van der Waals surface area contributed by atoms with Crippen LogP contribution in [0.15, 0.2) is 24.3 Å². The molecule has 3 amide bonds. The lowest BCUT2D eigenvalue weighted by Gasteiger charge is -2.35. The van der Waals surface area contributed by atoms with E-state index in [0.29, 0.717) is 57.9 Å². The molecule has 0 saturated carbocycles. The third-order valence-corrected chi connectivity index (χ3v) is 5.24. The number of para-hydroxylation sites is 2. The number of urea groups is 1. The molecule has 1 atom stereocenters. The Hall–Kier alpha value is -2.44. The van der Waals surface area contributed by atoms with Crippen LogP contribution in [0.1, 0.15) is 26.7 Å². The summed E-state index contributed by atoms with van der Waals surface area (Å²) < 4.78 is 11.5. The van der Waals surface area contributed by atoms with Gasteiger partial charge in [0.25, 0.3) is 0 Å². The highest BCUT2D eigenvalue weighted by molar-refractivity contribution is 5.79. The highest BCUT2D eigenvalue weighted by Crippen LogP contribution is 2.30. The quantitative estimate of drug-likeness (QED) is 0.856. The van der Waals surface area contributed by atoms with E-state index in [4.69, 9.17) is 9.47 Å². The highest BCUT2D eigenvalue weighted by atomic mass is 16.6. The summed E-state index contributed by atoms with van der Waals surface area (Å²) in [6, 6.07) is 7.62. The fourth-order valence-corrected chi connectivity index (χ4v) is 3.55. The summed E-state index contributed by atoms with van der Waals surface area (Å²) in [6.07, 6.45) is 1.21. The molecule has 0 aliphatic carbocycles. The van der Waals surface area contributed by atoms with Crippen LogP contribution in [-0.4, -0.2) is 67.2 Å². The zero-order chi connectivity index (χ0) is 19.2. The summed E-state index contributed by atoms with van der Waals surface area (Å²) in [5.74, 6) is 1.44. The number of fused-ring (bicyclic) bond motifs is 1. The van der Waals surface area contributed by atoms with E-state index >= 15 is 0 Å². The van der Waals surface area contributed by atoms with Crippen molar-refractivity contribution >= 4 is 11.9 Å². The van der Waals surface area contributed by atoms with Crippen molar-refractivity contribution in [3.8, 4) is 11.5 Å². The van der Waals surface area contributed by atoms with Crippen molar-refractivity contribution < 1.29 is 19.1 Å². The number of piperidine rings is 1. The number of carbonyl (C=O) groups is 2. The van der Waals surface area contributed by atoms with Gasteiger partial charge in [-0.1, -0.05) is 12.1 Å². The predicted octanol–water partition coefficient (Wildman–Crippen LogP) is 2.12. The van der Waals surface area contributed by atoms with Crippen LogP contribution < -0.4 is 14.8 Å².